The molecule has 1 aromatic heterocycles. The number of rotatable bonds is 3. The second-order valence-electron chi connectivity index (χ2n) is 6.42. The first-order valence-electron chi connectivity index (χ1n) is 8.10. The Balaban J connectivity index is 1.61. The quantitative estimate of drug-likeness (QED) is 0.943. The minimum absolute atomic E-state index is 0.0575. The number of aromatic amines is 1. The Kier molecular flexibility index (Phi) is 4.37. The summed E-state index contributed by atoms with van der Waals surface area (Å²) in [5.41, 5.74) is 2.10. The van der Waals surface area contributed by atoms with Crippen molar-refractivity contribution in [2.24, 2.45) is 5.92 Å². The number of carbonyl (C=O) groups excluding carboxylic acids is 2. The number of nitrogens with zero attached hydrogens (tertiary/aromatic N) is 2. The monoisotopic (exact) mass is 313 g/mol. The lowest BCUT2D eigenvalue weighted by atomic mass is 9.95. The van der Waals surface area contributed by atoms with Gasteiger partial charge in [0.15, 0.2) is 0 Å². The summed E-state index contributed by atoms with van der Waals surface area (Å²) < 4.78 is 0. The highest BCUT2D eigenvalue weighted by atomic mass is 16.2. The lowest BCUT2D eigenvalue weighted by Crippen LogP contribution is -2.43. The third kappa shape index (κ3) is 3.23. The Labute approximate surface area is 136 Å². The number of para-hydroxylation sites is 1. The maximum atomic E-state index is 12.5. The maximum Gasteiger partial charge on any atom is 0.227 e. The molecule has 3 rings (SSSR count). The number of carbonyl (C=O) groups is 2. The third-order valence-electron chi connectivity index (χ3n) is 4.65. The molecule has 2 amide bonds. The van der Waals surface area contributed by atoms with Crippen molar-refractivity contribution < 1.29 is 9.59 Å². The SMILES string of the molecule is CN(C)C(=O)C1CCN(C(=O)Cc2c[nH]c3ccccc23)CC1. The molecule has 1 aliphatic rings. The molecule has 1 saturated heterocycles. The van der Waals surface area contributed by atoms with Gasteiger partial charge in [0.2, 0.25) is 11.8 Å². The summed E-state index contributed by atoms with van der Waals surface area (Å²) in [5.74, 6) is 0.376. The van der Waals surface area contributed by atoms with Crippen LogP contribution in [0.25, 0.3) is 10.9 Å². The van der Waals surface area contributed by atoms with E-state index in [0.717, 1.165) is 29.3 Å². The molecule has 0 atom stereocenters. The number of piperidine rings is 1. The summed E-state index contributed by atoms with van der Waals surface area (Å²) in [6.45, 7) is 1.34. The molecule has 1 N–H and O–H groups in total. The van der Waals surface area contributed by atoms with Crippen LogP contribution in [0.4, 0.5) is 0 Å². The van der Waals surface area contributed by atoms with Gasteiger partial charge in [0.25, 0.3) is 0 Å². The van der Waals surface area contributed by atoms with Crippen LogP contribution in [0.2, 0.25) is 0 Å². The Morgan fingerprint density at radius 3 is 2.61 bits per heavy atom. The molecule has 122 valence electrons. The Bertz CT molecular complexity index is 712. The fraction of sp³-hybridized carbons (Fsp3) is 0.444. The first-order valence-corrected chi connectivity index (χ1v) is 8.10. The molecule has 5 nitrogen and oxygen atoms in total. The molecule has 1 aromatic carbocycles. The van der Waals surface area contributed by atoms with Crippen LogP contribution in [-0.2, 0) is 16.0 Å². The Hall–Kier alpha value is -2.30. The van der Waals surface area contributed by atoms with Gasteiger partial charge in [0.05, 0.1) is 6.42 Å². The number of hydrogen-bond acceptors (Lipinski definition) is 2. The van der Waals surface area contributed by atoms with Crippen LogP contribution < -0.4 is 0 Å². The second-order valence-corrected chi connectivity index (χ2v) is 6.42. The van der Waals surface area contributed by atoms with Crippen molar-refractivity contribution in [3.8, 4) is 0 Å². The van der Waals surface area contributed by atoms with Gasteiger partial charge in [-0.15, -0.1) is 0 Å². The van der Waals surface area contributed by atoms with Gasteiger partial charge in [-0.2, -0.15) is 0 Å². The molecule has 0 spiro atoms. The fourth-order valence-electron chi connectivity index (χ4n) is 3.29. The van der Waals surface area contributed by atoms with Crippen molar-refractivity contribution in [1.29, 1.82) is 0 Å². The minimum Gasteiger partial charge on any atom is -0.361 e. The highest BCUT2D eigenvalue weighted by molar-refractivity contribution is 5.89. The third-order valence-corrected chi connectivity index (χ3v) is 4.65. The van der Waals surface area contributed by atoms with Crippen LogP contribution in [-0.4, -0.2) is 53.8 Å². The van der Waals surface area contributed by atoms with Gasteiger partial charge in [-0.25, -0.2) is 0 Å². The van der Waals surface area contributed by atoms with E-state index in [1.54, 1.807) is 19.0 Å². The van der Waals surface area contributed by atoms with Gasteiger partial charge in [0, 0.05) is 50.2 Å². The molecule has 1 aliphatic heterocycles. The smallest absolute Gasteiger partial charge is 0.227 e. The molecule has 1 fully saturated rings. The lowest BCUT2D eigenvalue weighted by molar-refractivity contribution is -0.138. The van der Waals surface area contributed by atoms with Crippen molar-refractivity contribution in [2.75, 3.05) is 27.2 Å². The molecule has 2 aromatic rings. The van der Waals surface area contributed by atoms with Crippen molar-refractivity contribution in [3.63, 3.8) is 0 Å². The Morgan fingerprint density at radius 2 is 1.91 bits per heavy atom. The van der Waals surface area contributed by atoms with E-state index < -0.39 is 0 Å². The summed E-state index contributed by atoms with van der Waals surface area (Å²) in [7, 11) is 3.58. The van der Waals surface area contributed by atoms with Gasteiger partial charge >= 0.3 is 0 Å². The van der Waals surface area contributed by atoms with E-state index in [1.165, 1.54) is 0 Å². The lowest BCUT2D eigenvalue weighted by Gasteiger charge is -2.32. The predicted molar refractivity (Wildman–Crippen MR) is 90.0 cm³/mol. The zero-order valence-corrected chi connectivity index (χ0v) is 13.7. The average molecular weight is 313 g/mol. The van der Waals surface area contributed by atoms with Crippen LogP contribution in [0.15, 0.2) is 30.5 Å². The van der Waals surface area contributed by atoms with Crippen LogP contribution in [0, 0.1) is 5.92 Å². The number of likely N-dealkylation sites (tertiary alicyclic amines) is 1. The maximum absolute atomic E-state index is 12.5. The number of hydrogen-bond donors (Lipinski definition) is 1. The molecule has 23 heavy (non-hydrogen) atoms. The number of nitrogens with one attached hydrogen (secondary N) is 1. The van der Waals surface area contributed by atoms with Crippen molar-refractivity contribution >= 4 is 22.7 Å². The summed E-state index contributed by atoms with van der Waals surface area (Å²) in [5, 5.41) is 1.11. The average Bonchev–Trinajstić information content (AvgIpc) is 2.97. The standard InChI is InChI=1S/C18H23N3O2/c1-20(2)18(23)13-7-9-21(10-8-13)17(22)11-14-12-19-16-6-4-3-5-15(14)16/h3-6,12-13,19H,7-11H2,1-2H3. The first-order chi connectivity index (χ1) is 11.1. The topological polar surface area (TPSA) is 56.4 Å². The van der Waals surface area contributed by atoms with Gasteiger partial charge in [-0.05, 0) is 24.5 Å². The van der Waals surface area contributed by atoms with Crippen molar-refractivity contribution in [1.82, 2.24) is 14.8 Å². The van der Waals surface area contributed by atoms with Crippen LogP contribution >= 0.6 is 0 Å². The number of amides is 2. The normalized spacial score (nSPS) is 15.8. The van der Waals surface area contributed by atoms with Crippen molar-refractivity contribution in [3.05, 3.63) is 36.0 Å². The van der Waals surface area contributed by atoms with E-state index in [1.807, 2.05) is 35.4 Å². The first kappa shape index (κ1) is 15.6. The van der Waals surface area contributed by atoms with E-state index in [-0.39, 0.29) is 17.7 Å². The van der Waals surface area contributed by atoms with E-state index in [4.69, 9.17) is 0 Å². The number of H-pyrrole nitrogens is 1. The van der Waals surface area contributed by atoms with Crippen molar-refractivity contribution in [2.45, 2.75) is 19.3 Å². The zero-order chi connectivity index (χ0) is 16.4. The molecule has 0 unspecified atom stereocenters. The van der Waals surface area contributed by atoms with E-state index in [2.05, 4.69) is 4.98 Å². The van der Waals surface area contributed by atoms with Crippen LogP contribution in [0.1, 0.15) is 18.4 Å². The summed E-state index contributed by atoms with van der Waals surface area (Å²) in [6.07, 6.45) is 3.86. The molecule has 5 heteroatoms. The summed E-state index contributed by atoms with van der Waals surface area (Å²) >= 11 is 0. The summed E-state index contributed by atoms with van der Waals surface area (Å²) in [6, 6.07) is 8.03. The zero-order valence-electron chi connectivity index (χ0n) is 13.7. The number of aromatic nitrogens is 1. The van der Waals surface area contributed by atoms with Gasteiger partial charge < -0.3 is 14.8 Å². The van der Waals surface area contributed by atoms with E-state index in [0.29, 0.717) is 19.5 Å². The van der Waals surface area contributed by atoms with E-state index in [9.17, 15) is 9.59 Å². The van der Waals surface area contributed by atoms with Gasteiger partial charge in [0.1, 0.15) is 0 Å². The fourth-order valence-corrected chi connectivity index (χ4v) is 3.29. The molecule has 0 saturated carbocycles. The molecule has 2 heterocycles. The Morgan fingerprint density at radius 1 is 1.22 bits per heavy atom. The molecule has 0 aliphatic carbocycles. The highest BCUT2D eigenvalue weighted by Gasteiger charge is 2.28. The van der Waals surface area contributed by atoms with Gasteiger partial charge in [-0.3, -0.25) is 9.59 Å². The second kappa shape index (κ2) is 6.44. The van der Waals surface area contributed by atoms with Gasteiger partial charge in [-0.1, -0.05) is 18.2 Å². The van der Waals surface area contributed by atoms with Crippen LogP contribution in [0.3, 0.4) is 0 Å². The molecular formula is C18H23N3O2. The van der Waals surface area contributed by atoms with Crippen LogP contribution in [0.5, 0.6) is 0 Å². The molecular weight excluding hydrogens is 290 g/mol. The van der Waals surface area contributed by atoms with E-state index >= 15 is 0 Å². The number of benzene rings is 1. The summed E-state index contributed by atoms with van der Waals surface area (Å²) in [4.78, 5) is 31.3. The molecule has 0 bridgehead atoms. The number of fused-ring (bicyclic) bond motifs is 1. The predicted octanol–water partition coefficient (Wildman–Crippen LogP) is 2.04. The highest BCUT2D eigenvalue weighted by Crippen LogP contribution is 2.22. The minimum atomic E-state index is 0.0575. The largest absolute Gasteiger partial charge is 0.361 e. The molecule has 0 radical (unpaired) electrons.